The fourth-order valence-electron chi connectivity index (χ4n) is 3.30. The summed E-state index contributed by atoms with van der Waals surface area (Å²) >= 11 is 0. The van der Waals surface area contributed by atoms with Crippen LogP contribution >= 0.6 is 0 Å². The molecular formula is C21H24FNO4S. The second-order valence-corrected chi connectivity index (χ2v) is 9.22. The minimum atomic E-state index is -3.16. The number of hydrogen-bond donors (Lipinski definition) is 0. The molecule has 1 aliphatic rings. The van der Waals surface area contributed by atoms with Gasteiger partial charge in [0.05, 0.1) is 18.1 Å². The zero-order valence-corrected chi connectivity index (χ0v) is 16.6. The lowest BCUT2D eigenvalue weighted by molar-refractivity contribution is 0.0680. The van der Waals surface area contributed by atoms with Gasteiger partial charge in [0.2, 0.25) is 0 Å². The van der Waals surface area contributed by atoms with Gasteiger partial charge in [-0.2, -0.15) is 0 Å². The van der Waals surface area contributed by atoms with Crippen LogP contribution < -0.4 is 4.74 Å². The minimum Gasteiger partial charge on any atom is -0.494 e. The first-order valence-electron chi connectivity index (χ1n) is 9.36. The second-order valence-electron chi connectivity index (χ2n) is 6.99. The molecule has 2 aromatic rings. The van der Waals surface area contributed by atoms with Crippen molar-refractivity contribution >= 4 is 15.7 Å². The Kier molecular flexibility index (Phi) is 6.34. The van der Waals surface area contributed by atoms with E-state index in [1.807, 2.05) is 6.92 Å². The first kappa shape index (κ1) is 20.3. The molecule has 1 unspecified atom stereocenters. The highest BCUT2D eigenvalue weighted by Gasteiger charge is 2.35. The van der Waals surface area contributed by atoms with Crippen LogP contribution in [0.25, 0.3) is 0 Å². The van der Waals surface area contributed by atoms with Crippen molar-refractivity contribution in [2.45, 2.75) is 32.4 Å². The zero-order chi connectivity index (χ0) is 20.1. The van der Waals surface area contributed by atoms with E-state index in [9.17, 15) is 17.6 Å². The van der Waals surface area contributed by atoms with Crippen LogP contribution in [0.3, 0.4) is 0 Å². The molecule has 0 spiro atoms. The Hall–Kier alpha value is -2.41. The summed E-state index contributed by atoms with van der Waals surface area (Å²) in [5.74, 6) is 0.0217. The Morgan fingerprint density at radius 1 is 1.21 bits per heavy atom. The van der Waals surface area contributed by atoms with Gasteiger partial charge < -0.3 is 9.64 Å². The van der Waals surface area contributed by atoms with Crippen molar-refractivity contribution < 1.29 is 22.3 Å². The van der Waals surface area contributed by atoms with E-state index in [4.69, 9.17) is 4.74 Å². The van der Waals surface area contributed by atoms with E-state index in [-0.39, 0.29) is 29.8 Å². The molecule has 7 heteroatoms. The van der Waals surface area contributed by atoms with Gasteiger partial charge in [-0.15, -0.1) is 0 Å². The molecule has 150 valence electrons. The molecule has 2 aromatic carbocycles. The van der Waals surface area contributed by atoms with Gasteiger partial charge in [-0.1, -0.05) is 19.1 Å². The highest BCUT2D eigenvalue weighted by molar-refractivity contribution is 7.91. The van der Waals surface area contributed by atoms with Crippen LogP contribution in [0.5, 0.6) is 5.75 Å². The van der Waals surface area contributed by atoms with Crippen molar-refractivity contribution in [3.8, 4) is 5.75 Å². The molecule has 1 amide bonds. The third kappa shape index (κ3) is 5.10. The minimum absolute atomic E-state index is 0.0637. The number of hydrogen-bond acceptors (Lipinski definition) is 4. The standard InChI is InChI=1S/C21H24FNO4S/c1-2-11-27-20-8-6-17(7-9-20)21(24)23(19-10-12-28(25,26)15-19)14-16-4-3-5-18(22)13-16/h3-9,13,19H,2,10-12,14-15H2,1H3. The number of amides is 1. The topological polar surface area (TPSA) is 63.7 Å². The third-order valence-electron chi connectivity index (χ3n) is 4.73. The summed E-state index contributed by atoms with van der Waals surface area (Å²) < 4.78 is 43.0. The normalized spacial score (nSPS) is 18.0. The number of halogens is 1. The molecule has 0 aliphatic carbocycles. The number of rotatable bonds is 7. The van der Waals surface area contributed by atoms with E-state index in [0.29, 0.717) is 29.9 Å². The molecule has 1 aliphatic heterocycles. The Morgan fingerprint density at radius 3 is 2.57 bits per heavy atom. The average molecular weight is 405 g/mol. The molecule has 5 nitrogen and oxygen atoms in total. The van der Waals surface area contributed by atoms with Crippen molar-refractivity contribution in [2.75, 3.05) is 18.1 Å². The molecular weight excluding hydrogens is 381 g/mol. The number of nitrogens with zero attached hydrogens (tertiary/aromatic N) is 1. The van der Waals surface area contributed by atoms with Crippen molar-refractivity contribution in [1.82, 2.24) is 4.90 Å². The molecule has 1 atom stereocenters. The van der Waals surface area contributed by atoms with Crippen LogP contribution in [0.4, 0.5) is 4.39 Å². The molecule has 0 N–H and O–H groups in total. The number of carbonyl (C=O) groups is 1. The SMILES string of the molecule is CCCOc1ccc(C(=O)N(Cc2cccc(F)c2)C2CCS(=O)(=O)C2)cc1. The van der Waals surface area contributed by atoms with E-state index >= 15 is 0 Å². The average Bonchev–Trinajstić information content (AvgIpc) is 3.04. The van der Waals surface area contributed by atoms with Crippen molar-refractivity contribution in [3.05, 3.63) is 65.5 Å². The van der Waals surface area contributed by atoms with Gasteiger partial charge in [-0.05, 0) is 54.8 Å². The summed E-state index contributed by atoms with van der Waals surface area (Å²) in [5, 5.41) is 0. The van der Waals surface area contributed by atoms with E-state index in [1.165, 1.54) is 12.1 Å². The van der Waals surface area contributed by atoms with E-state index in [0.717, 1.165) is 6.42 Å². The highest BCUT2D eigenvalue weighted by atomic mass is 32.2. The van der Waals surface area contributed by atoms with E-state index < -0.39 is 15.9 Å². The van der Waals surface area contributed by atoms with Crippen molar-refractivity contribution in [2.24, 2.45) is 0 Å². The quantitative estimate of drug-likeness (QED) is 0.708. The first-order chi connectivity index (χ1) is 13.4. The fraction of sp³-hybridized carbons (Fsp3) is 0.381. The summed E-state index contributed by atoms with van der Waals surface area (Å²) in [6, 6.07) is 12.4. The molecule has 0 bridgehead atoms. The Balaban J connectivity index is 1.84. The molecule has 1 saturated heterocycles. The lowest BCUT2D eigenvalue weighted by atomic mass is 10.1. The largest absolute Gasteiger partial charge is 0.494 e. The van der Waals surface area contributed by atoms with E-state index in [2.05, 4.69) is 0 Å². The Morgan fingerprint density at radius 2 is 1.96 bits per heavy atom. The summed E-state index contributed by atoms with van der Waals surface area (Å²) in [4.78, 5) is 14.7. The number of ether oxygens (including phenoxy) is 1. The summed E-state index contributed by atoms with van der Waals surface area (Å²) in [6.45, 7) is 2.77. The second kappa shape index (κ2) is 8.73. The maximum absolute atomic E-state index is 13.6. The lowest BCUT2D eigenvalue weighted by Gasteiger charge is -2.28. The van der Waals surface area contributed by atoms with Crippen LogP contribution in [0.1, 0.15) is 35.7 Å². The van der Waals surface area contributed by atoms with Gasteiger partial charge in [0, 0.05) is 18.2 Å². The smallest absolute Gasteiger partial charge is 0.254 e. The molecule has 0 saturated carbocycles. The van der Waals surface area contributed by atoms with Crippen molar-refractivity contribution in [3.63, 3.8) is 0 Å². The summed E-state index contributed by atoms with van der Waals surface area (Å²) in [5.41, 5.74) is 1.07. The van der Waals surface area contributed by atoms with Gasteiger partial charge in [0.25, 0.3) is 5.91 Å². The first-order valence-corrected chi connectivity index (χ1v) is 11.2. The fourth-order valence-corrected chi connectivity index (χ4v) is 5.03. The van der Waals surface area contributed by atoms with Crippen molar-refractivity contribution in [1.29, 1.82) is 0 Å². The maximum atomic E-state index is 13.6. The zero-order valence-electron chi connectivity index (χ0n) is 15.8. The third-order valence-corrected chi connectivity index (χ3v) is 6.48. The predicted octanol–water partition coefficient (Wildman–Crippen LogP) is 3.44. The predicted molar refractivity (Wildman–Crippen MR) is 106 cm³/mol. The van der Waals surface area contributed by atoms with Gasteiger partial charge in [0.1, 0.15) is 11.6 Å². The Labute approximate surface area is 165 Å². The van der Waals surface area contributed by atoms with Gasteiger partial charge in [-0.25, -0.2) is 12.8 Å². The molecule has 0 aromatic heterocycles. The maximum Gasteiger partial charge on any atom is 0.254 e. The number of carbonyl (C=O) groups excluding carboxylic acids is 1. The number of sulfone groups is 1. The molecule has 3 rings (SSSR count). The van der Waals surface area contributed by atoms with Crippen LogP contribution in [0.15, 0.2) is 48.5 Å². The summed E-state index contributed by atoms with van der Waals surface area (Å²) in [6.07, 6.45) is 1.28. The van der Waals surface area contributed by atoms with Gasteiger partial charge >= 0.3 is 0 Å². The van der Waals surface area contributed by atoms with Crippen LogP contribution in [-0.2, 0) is 16.4 Å². The molecule has 28 heavy (non-hydrogen) atoms. The van der Waals surface area contributed by atoms with Gasteiger partial charge in [0.15, 0.2) is 9.84 Å². The highest BCUT2D eigenvalue weighted by Crippen LogP contribution is 2.23. The van der Waals surface area contributed by atoms with Gasteiger partial charge in [-0.3, -0.25) is 4.79 Å². The monoisotopic (exact) mass is 405 g/mol. The molecule has 1 heterocycles. The molecule has 1 fully saturated rings. The van der Waals surface area contributed by atoms with Crippen LogP contribution in [0.2, 0.25) is 0 Å². The lowest BCUT2D eigenvalue weighted by Crippen LogP contribution is -2.40. The van der Waals surface area contributed by atoms with Crippen LogP contribution in [-0.4, -0.2) is 43.4 Å². The summed E-state index contributed by atoms with van der Waals surface area (Å²) in [7, 11) is -3.16. The molecule has 0 radical (unpaired) electrons. The van der Waals surface area contributed by atoms with E-state index in [1.54, 1.807) is 41.3 Å². The number of benzene rings is 2. The van der Waals surface area contributed by atoms with Crippen LogP contribution in [0, 0.1) is 5.82 Å². The Bertz CT molecular complexity index is 928.